The van der Waals surface area contributed by atoms with Crippen LogP contribution in [0.5, 0.6) is 5.75 Å². The van der Waals surface area contributed by atoms with Crippen molar-refractivity contribution in [2.45, 2.75) is 31.7 Å². The normalized spacial score (nSPS) is 17.0. The number of fused-ring (bicyclic) bond motifs is 1. The van der Waals surface area contributed by atoms with Crippen LogP contribution in [0.3, 0.4) is 0 Å². The molecule has 0 unspecified atom stereocenters. The summed E-state index contributed by atoms with van der Waals surface area (Å²) in [6.07, 6.45) is 1.51. The standard InChI is InChI=1S/C26H26N2O4/c1-27-25(31)23(15-19-7-4-6-18-5-2-3-8-22(18)19)28-24(30)16-20(26(28)32)12-9-17-10-13-21(29)14-11-17/h2-8,10-11,13-14,20,23,29H,9,12,15-16H2,1H3,(H,27,31)/t20-,23+/m1/s1. The van der Waals surface area contributed by atoms with E-state index in [-0.39, 0.29) is 36.3 Å². The highest BCUT2D eigenvalue weighted by Gasteiger charge is 2.44. The Morgan fingerprint density at radius 2 is 1.78 bits per heavy atom. The zero-order valence-corrected chi connectivity index (χ0v) is 18.0. The number of likely N-dealkylation sites (N-methyl/N-ethyl adjacent to an activating group) is 1. The summed E-state index contributed by atoms with van der Waals surface area (Å²) in [6, 6.07) is 19.7. The van der Waals surface area contributed by atoms with E-state index in [1.165, 1.54) is 11.9 Å². The van der Waals surface area contributed by atoms with Gasteiger partial charge < -0.3 is 10.4 Å². The van der Waals surface area contributed by atoms with E-state index in [4.69, 9.17) is 0 Å². The number of carbonyl (C=O) groups is 3. The molecule has 32 heavy (non-hydrogen) atoms. The number of aromatic hydroxyl groups is 1. The minimum atomic E-state index is -0.885. The molecular formula is C26H26N2O4. The fourth-order valence-corrected chi connectivity index (χ4v) is 4.42. The van der Waals surface area contributed by atoms with E-state index in [0.717, 1.165) is 21.9 Å². The van der Waals surface area contributed by atoms with E-state index in [1.807, 2.05) is 54.6 Å². The number of hydrogen-bond donors (Lipinski definition) is 2. The average Bonchev–Trinajstić information content (AvgIpc) is 3.09. The highest BCUT2D eigenvalue weighted by atomic mass is 16.3. The van der Waals surface area contributed by atoms with Crippen LogP contribution in [-0.2, 0) is 27.2 Å². The van der Waals surface area contributed by atoms with E-state index in [0.29, 0.717) is 12.8 Å². The molecule has 1 aliphatic heterocycles. The summed E-state index contributed by atoms with van der Waals surface area (Å²) in [5.41, 5.74) is 1.91. The molecular weight excluding hydrogens is 404 g/mol. The molecule has 0 radical (unpaired) electrons. The molecule has 1 fully saturated rings. The van der Waals surface area contributed by atoms with Gasteiger partial charge >= 0.3 is 0 Å². The lowest BCUT2D eigenvalue weighted by Gasteiger charge is -2.26. The Bertz CT molecular complexity index is 1150. The van der Waals surface area contributed by atoms with Gasteiger partial charge in [-0.15, -0.1) is 0 Å². The third-order valence-corrected chi connectivity index (χ3v) is 6.15. The summed E-state index contributed by atoms with van der Waals surface area (Å²) in [5.74, 6) is -1.20. The second-order valence-corrected chi connectivity index (χ2v) is 8.18. The van der Waals surface area contributed by atoms with Crippen LogP contribution in [-0.4, -0.2) is 40.8 Å². The zero-order chi connectivity index (χ0) is 22.7. The monoisotopic (exact) mass is 430 g/mol. The molecule has 0 aromatic heterocycles. The molecule has 2 N–H and O–H groups in total. The number of benzene rings is 3. The minimum absolute atomic E-state index is 0.111. The lowest BCUT2D eigenvalue weighted by atomic mass is 9.96. The molecule has 6 heteroatoms. The van der Waals surface area contributed by atoms with Crippen molar-refractivity contribution in [2.75, 3.05) is 7.05 Å². The summed E-state index contributed by atoms with van der Waals surface area (Å²) in [7, 11) is 1.52. The first-order valence-corrected chi connectivity index (χ1v) is 10.8. The van der Waals surface area contributed by atoms with Crippen LogP contribution in [0.4, 0.5) is 0 Å². The van der Waals surface area contributed by atoms with Crippen LogP contribution in [0.15, 0.2) is 66.7 Å². The third-order valence-electron chi connectivity index (χ3n) is 6.15. The van der Waals surface area contributed by atoms with Gasteiger partial charge in [0.25, 0.3) is 0 Å². The second kappa shape index (κ2) is 9.22. The first-order chi connectivity index (χ1) is 15.5. The molecule has 1 heterocycles. The van der Waals surface area contributed by atoms with Gasteiger partial charge in [0.2, 0.25) is 17.7 Å². The van der Waals surface area contributed by atoms with Gasteiger partial charge in [-0.1, -0.05) is 54.6 Å². The summed E-state index contributed by atoms with van der Waals surface area (Å²) >= 11 is 0. The molecule has 2 atom stereocenters. The number of aryl methyl sites for hydroxylation is 1. The Morgan fingerprint density at radius 1 is 1.06 bits per heavy atom. The number of likely N-dealkylation sites (tertiary alicyclic amines) is 1. The van der Waals surface area contributed by atoms with Gasteiger partial charge in [0.05, 0.1) is 0 Å². The Balaban J connectivity index is 1.55. The summed E-state index contributed by atoms with van der Waals surface area (Å²) < 4.78 is 0. The number of amides is 3. The molecule has 0 bridgehead atoms. The highest BCUT2D eigenvalue weighted by molar-refractivity contribution is 6.07. The maximum absolute atomic E-state index is 13.2. The number of imide groups is 1. The van der Waals surface area contributed by atoms with Crippen LogP contribution < -0.4 is 5.32 Å². The lowest BCUT2D eigenvalue weighted by molar-refractivity contribution is -0.147. The molecule has 3 aromatic rings. The number of phenolic OH excluding ortho intramolecular Hbond substituents is 1. The smallest absolute Gasteiger partial charge is 0.243 e. The van der Waals surface area contributed by atoms with Crippen LogP contribution in [0, 0.1) is 5.92 Å². The van der Waals surface area contributed by atoms with Crippen molar-refractivity contribution in [3.63, 3.8) is 0 Å². The number of nitrogens with one attached hydrogen (secondary N) is 1. The Morgan fingerprint density at radius 3 is 2.53 bits per heavy atom. The Hall–Kier alpha value is -3.67. The van der Waals surface area contributed by atoms with Crippen molar-refractivity contribution in [3.8, 4) is 5.75 Å². The number of carbonyl (C=O) groups excluding carboxylic acids is 3. The summed E-state index contributed by atoms with van der Waals surface area (Å²) in [4.78, 5) is 40.0. The Kier molecular flexibility index (Phi) is 6.21. The van der Waals surface area contributed by atoms with Gasteiger partial charge in [-0.2, -0.15) is 0 Å². The fourth-order valence-electron chi connectivity index (χ4n) is 4.42. The van der Waals surface area contributed by atoms with Crippen molar-refractivity contribution in [3.05, 3.63) is 77.9 Å². The Labute approximate surface area is 186 Å². The quantitative estimate of drug-likeness (QED) is 0.564. The molecule has 6 nitrogen and oxygen atoms in total. The van der Waals surface area contributed by atoms with Gasteiger partial charge in [0, 0.05) is 25.8 Å². The van der Waals surface area contributed by atoms with Gasteiger partial charge in [-0.05, 0) is 46.9 Å². The van der Waals surface area contributed by atoms with Crippen molar-refractivity contribution < 1.29 is 19.5 Å². The van der Waals surface area contributed by atoms with E-state index in [1.54, 1.807) is 12.1 Å². The molecule has 0 spiro atoms. The van der Waals surface area contributed by atoms with E-state index < -0.39 is 12.0 Å². The van der Waals surface area contributed by atoms with Gasteiger partial charge in [-0.3, -0.25) is 19.3 Å². The molecule has 3 aromatic carbocycles. The fraction of sp³-hybridized carbons (Fsp3) is 0.269. The molecule has 0 aliphatic carbocycles. The highest BCUT2D eigenvalue weighted by Crippen LogP contribution is 2.29. The summed E-state index contributed by atoms with van der Waals surface area (Å²) in [6.45, 7) is 0. The number of phenols is 1. The van der Waals surface area contributed by atoms with E-state index in [9.17, 15) is 19.5 Å². The SMILES string of the molecule is CNC(=O)[C@H](Cc1cccc2ccccc12)N1C(=O)C[C@@H](CCc2ccc(O)cc2)C1=O. The average molecular weight is 431 g/mol. The predicted octanol–water partition coefficient (Wildman–Crippen LogP) is 3.21. The molecule has 3 amide bonds. The van der Waals surface area contributed by atoms with Crippen LogP contribution >= 0.6 is 0 Å². The lowest BCUT2D eigenvalue weighted by Crippen LogP contribution is -2.50. The molecule has 1 saturated heterocycles. The van der Waals surface area contributed by atoms with Gasteiger partial charge in [0.15, 0.2) is 0 Å². The predicted molar refractivity (Wildman–Crippen MR) is 122 cm³/mol. The first kappa shape index (κ1) is 21.6. The largest absolute Gasteiger partial charge is 0.508 e. The molecule has 0 saturated carbocycles. The van der Waals surface area contributed by atoms with Crippen molar-refractivity contribution in [2.24, 2.45) is 5.92 Å². The first-order valence-electron chi connectivity index (χ1n) is 10.8. The summed E-state index contributed by atoms with van der Waals surface area (Å²) in [5, 5.41) is 14.1. The van der Waals surface area contributed by atoms with Crippen molar-refractivity contribution in [1.29, 1.82) is 0 Å². The minimum Gasteiger partial charge on any atom is -0.508 e. The second-order valence-electron chi connectivity index (χ2n) is 8.18. The third kappa shape index (κ3) is 4.35. The van der Waals surface area contributed by atoms with Gasteiger partial charge in [-0.25, -0.2) is 0 Å². The number of nitrogens with zero attached hydrogens (tertiary/aromatic N) is 1. The number of hydrogen-bond acceptors (Lipinski definition) is 4. The molecule has 4 rings (SSSR count). The van der Waals surface area contributed by atoms with Crippen LogP contribution in [0.2, 0.25) is 0 Å². The topological polar surface area (TPSA) is 86.7 Å². The van der Waals surface area contributed by atoms with Crippen molar-refractivity contribution >= 4 is 28.5 Å². The zero-order valence-electron chi connectivity index (χ0n) is 18.0. The maximum atomic E-state index is 13.2. The van der Waals surface area contributed by atoms with Gasteiger partial charge in [0.1, 0.15) is 11.8 Å². The van der Waals surface area contributed by atoms with Crippen LogP contribution in [0.25, 0.3) is 10.8 Å². The van der Waals surface area contributed by atoms with E-state index >= 15 is 0 Å². The number of rotatable bonds is 7. The van der Waals surface area contributed by atoms with E-state index in [2.05, 4.69) is 5.32 Å². The maximum Gasteiger partial charge on any atom is 0.243 e. The van der Waals surface area contributed by atoms with Crippen LogP contribution in [0.1, 0.15) is 24.0 Å². The van der Waals surface area contributed by atoms with Crippen molar-refractivity contribution in [1.82, 2.24) is 10.2 Å². The molecule has 164 valence electrons. The molecule has 1 aliphatic rings.